The van der Waals surface area contributed by atoms with Crippen LogP contribution >= 0.6 is 28.1 Å². The first-order valence-corrected chi connectivity index (χ1v) is 7.06. The van der Waals surface area contributed by atoms with Crippen LogP contribution in [0, 0.1) is 0 Å². The summed E-state index contributed by atoms with van der Waals surface area (Å²) in [5, 5.41) is 0. The Bertz CT molecular complexity index is 569. The van der Waals surface area contributed by atoms with Crippen molar-refractivity contribution in [2.24, 2.45) is 5.73 Å². The Morgan fingerprint density at radius 2 is 1.74 bits per heavy atom. The highest BCUT2D eigenvalue weighted by Crippen LogP contribution is 2.12. The van der Waals surface area contributed by atoms with Gasteiger partial charge in [0.15, 0.2) is 0 Å². The fraction of sp³-hybridized carbons (Fsp3) is 0.133. The van der Waals surface area contributed by atoms with Crippen molar-refractivity contribution >= 4 is 33.1 Å². The molecule has 0 spiro atoms. The molecule has 2 rings (SSSR count). The Morgan fingerprint density at radius 1 is 1.05 bits per heavy atom. The third-order valence-electron chi connectivity index (χ3n) is 2.66. The average molecular weight is 336 g/mol. The van der Waals surface area contributed by atoms with Crippen LogP contribution in [-0.2, 0) is 18.0 Å². The van der Waals surface area contributed by atoms with Crippen LogP contribution in [0.15, 0.2) is 53.0 Å². The van der Waals surface area contributed by atoms with Crippen molar-refractivity contribution in [2.45, 2.75) is 13.2 Å². The number of rotatable bonds is 5. The maximum absolute atomic E-state index is 5.68. The summed E-state index contributed by atoms with van der Waals surface area (Å²) in [5.74, 6) is 0. The van der Waals surface area contributed by atoms with E-state index in [2.05, 4.69) is 15.9 Å². The van der Waals surface area contributed by atoms with E-state index in [1.54, 1.807) is 0 Å². The van der Waals surface area contributed by atoms with E-state index in [9.17, 15) is 0 Å². The number of ether oxygens (including phenoxy) is 1. The van der Waals surface area contributed by atoms with E-state index in [0.29, 0.717) is 18.2 Å². The summed E-state index contributed by atoms with van der Waals surface area (Å²) < 4.78 is 6.75. The van der Waals surface area contributed by atoms with Crippen molar-refractivity contribution < 1.29 is 4.74 Å². The first-order chi connectivity index (χ1) is 9.15. The molecule has 0 aliphatic heterocycles. The van der Waals surface area contributed by atoms with Gasteiger partial charge in [0.1, 0.15) is 4.99 Å². The van der Waals surface area contributed by atoms with E-state index >= 15 is 0 Å². The lowest BCUT2D eigenvalue weighted by Crippen LogP contribution is -2.09. The zero-order valence-corrected chi connectivity index (χ0v) is 12.7. The molecule has 0 saturated carbocycles. The topological polar surface area (TPSA) is 35.2 Å². The molecule has 0 unspecified atom stereocenters. The number of benzene rings is 2. The van der Waals surface area contributed by atoms with Gasteiger partial charge in [0.25, 0.3) is 0 Å². The molecule has 2 N–H and O–H groups in total. The molecule has 2 nitrogen and oxygen atoms in total. The largest absolute Gasteiger partial charge is 0.389 e. The second-order valence-corrected chi connectivity index (χ2v) is 5.54. The van der Waals surface area contributed by atoms with Gasteiger partial charge in [-0.1, -0.05) is 58.5 Å². The van der Waals surface area contributed by atoms with Gasteiger partial charge in [0.2, 0.25) is 0 Å². The molecule has 0 aliphatic rings. The van der Waals surface area contributed by atoms with Crippen molar-refractivity contribution in [1.29, 1.82) is 0 Å². The number of thiocarbonyl (C=S) groups is 1. The van der Waals surface area contributed by atoms with E-state index in [1.165, 1.54) is 0 Å². The van der Waals surface area contributed by atoms with Gasteiger partial charge in [0.05, 0.1) is 13.2 Å². The second-order valence-electron chi connectivity index (χ2n) is 4.18. The minimum atomic E-state index is 0.412. The highest BCUT2D eigenvalue weighted by molar-refractivity contribution is 9.10. The molecule has 0 radical (unpaired) electrons. The molecule has 0 bridgehead atoms. The van der Waals surface area contributed by atoms with Gasteiger partial charge in [-0.3, -0.25) is 0 Å². The van der Waals surface area contributed by atoms with E-state index in [1.807, 2.05) is 48.5 Å². The minimum Gasteiger partial charge on any atom is -0.389 e. The van der Waals surface area contributed by atoms with E-state index in [4.69, 9.17) is 22.7 Å². The van der Waals surface area contributed by atoms with Crippen LogP contribution in [0.3, 0.4) is 0 Å². The quantitative estimate of drug-likeness (QED) is 0.844. The fourth-order valence-electron chi connectivity index (χ4n) is 1.68. The lowest BCUT2D eigenvalue weighted by atomic mass is 10.1. The van der Waals surface area contributed by atoms with Gasteiger partial charge in [-0.25, -0.2) is 0 Å². The van der Waals surface area contributed by atoms with Gasteiger partial charge in [-0.15, -0.1) is 0 Å². The minimum absolute atomic E-state index is 0.412. The summed E-state index contributed by atoms with van der Waals surface area (Å²) in [5.41, 5.74) is 8.70. The third-order valence-corrected chi connectivity index (χ3v) is 3.43. The number of nitrogens with two attached hydrogens (primary N) is 1. The Kier molecular flexibility index (Phi) is 5.07. The fourth-order valence-corrected chi connectivity index (χ4v) is 2.07. The summed E-state index contributed by atoms with van der Waals surface area (Å²) in [6.45, 7) is 1.14. The standard InChI is InChI=1S/C15H14BrNOS/c16-14-6-4-11(5-7-14)9-18-10-12-2-1-3-13(8-12)15(17)19/h1-8H,9-10H2,(H2,17,19). The molecule has 4 heteroatoms. The molecule has 0 aliphatic carbocycles. The zero-order valence-electron chi connectivity index (χ0n) is 10.3. The van der Waals surface area contributed by atoms with Crippen LogP contribution in [0.2, 0.25) is 0 Å². The van der Waals surface area contributed by atoms with Gasteiger partial charge >= 0.3 is 0 Å². The molecule has 0 fully saturated rings. The molecule has 0 saturated heterocycles. The number of halogens is 1. The average Bonchev–Trinajstić information content (AvgIpc) is 2.41. The SMILES string of the molecule is NC(=S)c1cccc(COCc2ccc(Br)cc2)c1. The van der Waals surface area contributed by atoms with Gasteiger partial charge in [-0.05, 0) is 29.3 Å². The molecular formula is C15H14BrNOS. The summed E-state index contributed by atoms with van der Waals surface area (Å²) in [7, 11) is 0. The van der Waals surface area contributed by atoms with Crippen LogP contribution < -0.4 is 5.73 Å². The molecule has 2 aromatic carbocycles. The molecule has 0 heterocycles. The smallest absolute Gasteiger partial charge is 0.103 e. The van der Waals surface area contributed by atoms with E-state index in [-0.39, 0.29) is 0 Å². The summed E-state index contributed by atoms with van der Waals surface area (Å²) in [6.07, 6.45) is 0. The second kappa shape index (κ2) is 6.80. The first kappa shape index (κ1) is 14.2. The normalized spacial score (nSPS) is 10.4. The Hall–Kier alpha value is -1.23. The lowest BCUT2D eigenvalue weighted by Gasteiger charge is -2.06. The molecule has 0 amide bonds. The maximum Gasteiger partial charge on any atom is 0.103 e. The summed E-state index contributed by atoms with van der Waals surface area (Å²) >= 11 is 8.36. The maximum atomic E-state index is 5.68. The molecule has 0 atom stereocenters. The van der Waals surface area contributed by atoms with Crippen LogP contribution in [0.5, 0.6) is 0 Å². The molecular weight excluding hydrogens is 322 g/mol. The highest BCUT2D eigenvalue weighted by Gasteiger charge is 1.99. The molecule has 2 aromatic rings. The Balaban J connectivity index is 1.90. The lowest BCUT2D eigenvalue weighted by molar-refractivity contribution is 0.107. The van der Waals surface area contributed by atoms with Crippen LogP contribution in [-0.4, -0.2) is 4.99 Å². The van der Waals surface area contributed by atoms with Gasteiger partial charge in [0, 0.05) is 10.0 Å². The van der Waals surface area contributed by atoms with Crippen LogP contribution in [0.4, 0.5) is 0 Å². The van der Waals surface area contributed by atoms with E-state index < -0.39 is 0 Å². The Morgan fingerprint density at radius 3 is 2.42 bits per heavy atom. The highest BCUT2D eigenvalue weighted by atomic mass is 79.9. The van der Waals surface area contributed by atoms with Crippen molar-refractivity contribution in [3.05, 3.63) is 69.7 Å². The third kappa shape index (κ3) is 4.42. The van der Waals surface area contributed by atoms with Crippen molar-refractivity contribution in [1.82, 2.24) is 0 Å². The van der Waals surface area contributed by atoms with Crippen molar-refractivity contribution in [3.63, 3.8) is 0 Å². The van der Waals surface area contributed by atoms with Crippen LogP contribution in [0.1, 0.15) is 16.7 Å². The molecule has 0 aromatic heterocycles. The monoisotopic (exact) mass is 335 g/mol. The van der Waals surface area contributed by atoms with Gasteiger partial charge in [-0.2, -0.15) is 0 Å². The molecule has 98 valence electrons. The van der Waals surface area contributed by atoms with E-state index in [0.717, 1.165) is 21.2 Å². The molecule has 19 heavy (non-hydrogen) atoms. The predicted octanol–water partition coefficient (Wildman–Crippen LogP) is 3.80. The summed E-state index contributed by atoms with van der Waals surface area (Å²) in [4.78, 5) is 0.412. The van der Waals surface area contributed by atoms with Crippen LogP contribution in [0.25, 0.3) is 0 Å². The summed E-state index contributed by atoms with van der Waals surface area (Å²) in [6, 6.07) is 15.9. The van der Waals surface area contributed by atoms with Crippen molar-refractivity contribution in [2.75, 3.05) is 0 Å². The Labute approximate surface area is 126 Å². The predicted molar refractivity (Wildman–Crippen MR) is 85.0 cm³/mol. The van der Waals surface area contributed by atoms with Gasteiger partial charge < -0.3 is 10.5 Å². The zero-order chi connectivity index (χ0) is 13.7. The number of hydrogen-bond acceptors (Lipinski definition) is 2. The number of hydrogen-bond donors (Lipinski definition) is 1. The first-order valence-electron chi connectivity index (χ1n) is 5.86. The van der Waals surface area contributed by atoms with Crippen molar-refractivity contribution in [3.8, 4) is 0 Å².